The zero-order valence-corrected chi connectivity index (χ0v) is 18.7. The SMILES string of the molecule is COCCCNC(=O)Cn1cc(/C=C2\SC(=S)N(CCOC)C2=O)c2ccccc21. The number of rotatable bonds is 10. The normalized spacial score (nSPS) is 15.5. The van der Waals surface area contributed by atoms with E-state index in [-0.39, 0.29) is 18.4 Å². The first-order valence-electron chi connectivity index (χ1n) is 9.63. The molecular weight excluding hydrogens is 422 g/mol. The van der Waals surface area contributed by atoms with Crippen LogP contribution in [-0.4, -0.2) is 66.1 Å². The molecular formula is C21H25N3O4S2. The molecule has 0 atom stereocenters. The summed E-state index contributed by atoms with van der Waals surface area (Å²) in [6, 6.07) is 7.83. The number of nitrogens with zero attached hydrogens (tertiary/aromatic N) is 2. The molecule has 1 aromatic heterocycles. The summed E-state index contributed by atoms with van der Waals surface area (Å²) in [5.74, 6) is -0.181. The summed E-state index contributed by atoms with van der Waals surface area (Å²) >= 11 is 6.63. The molecule has 2 amide bonds. The summed E-state index contributed by atoms with van der Waals surface area (Å²) in [7, 11) is 3.23. The van der Waals surface area contributed by atoms with Gasteiger partial charge in [-0.3, -0.25) is 14.5 Å². The highest BCUT2D eigenvalue weighted by molar-refractivity contribution is 8.26. The van der Waals surface area contributed by atoms with E-state index in [0.717, 1.165) is 22.9 Å². The molecule has 160 valence electrons. The summed E-state index contributed by atoms with van der Waals surface area (Å²) in [6.07, 6.45) is 4.52. The molecule has 0 unspecified atom stereocenters. The van der Waals surface area contributed by atoms with Crippen LogP contribution in [0.1, 0.15) is 12.0 Å². The van der Waals surface area contributed by atoms with E-state index >= 15 is 0 Å². The predicted octanol–water partition coefficient (Wildman–Crippen LogP) is 2.64. The molecule has 2 aromatic rings. The standard InChI is InChI=1S/C21H25N3O4S2/c1-27-10-5-8-22-19(25)14-23-13-15(16-6-3-4-7-17(16)23)12-18-20(26)24(9-11-28-2)21(29)30-18/h3-4,6-7,12-13H,5,8-11,14H2,1-2H3,(H,22,25)/b18-12-. The number of ether oxygens (including phenoxy) is 2. The molecule has 0 radical (unpaired) electrons. The minimum Gasteiger partial charge on any atom is -0.385 e. The first kappa shape index (κ1) is 22.5. The van der Waals surface area contributed by atoms with Crippen molar-refractivity contribution in [2.24, 2.45) is 0 Å². The highest BCUT2D eigenvalue weighted by Gasteiger charge is 2.31. The number of fused-ring (bicyclic) bond motifs is 1. The number of amides is 2. The summed E-state index contributed by atoms with van der Waals surface area (Å²) < 4.78 is 12.5. The average Bonchev–Trinajstić information content (AvgIpc) is 3.21. The van der Waals surface area contributed by atoms with Crippen LogP contribution in [0.3, 0.4) is 0 Å². The number of hydrogen-bond donors (Lipinski definition) is 1. The molecule has 7 nitrogen and oxygen atoms in total. The van der Waals surface area contributed by atoms with Gasteiger partial charge in [-0.15, -0.1) is 0 Å². The number of carbonyl (C=O) groups excluding carboxylic acids is 2. The largest absolute Gasteiger partial charge is 0.385 e. The summed E-state index contributed by atoms with van der Waals surface area (Å²) in [5.41, 5.74) is 1.82. The molecule has 1 aliphatic rings. The number of aromatic nitrogens is 1. The van der Waals surface area contributed by atoms with E-state index in [1.54, 1.807) is 19.1 Å². The van der Waals surface area contributed by atoms with Crippen LogP contribution in [0.2, 0.25) is 0 Å². The fraction of sp³-hybridized carbons (Fsp3) is 0.381. The van der Waals surface area contributed by atoms with Crippen molar-refractivity contribution in [1.82, 2.24) is 14.8 Å². The van der Waals surface area contributed by atoms with E-state index in [1.165, 1.54) is 11.8 Å². The zero-order valence-electron chi connectivity index (χ0n) is 17.1. The van der Waals surface area contributed by atoms with Crippen molar-refractivity contribution in [2.75, 3.05) is 40.5 Å². The molecule has 0 spiro atoms. The van der Waals surface area contributed by atoms with Gasteiger partial charge in [0.2, 0.25) is 5.91 Å². The summed E-state index contributed by atoms with van der Waals surface area (Å²) in [5, 5.41) is 3.88. The number of thioether (sulfide) groups is 1. The Labute approximate surface area is 185 Å². The number of para-hydroxylation sites is 1. The van der Waals surface area contributed by atoms with Crippen LogP contribution in [0.15, 0.2) is 35.4 Å². The zero-order chi connectivity index (χ0) is 21.5. The van der Waals surface area contributed by atoms with Gasteiger partial charge in [0.05, 0.1) is 18.1 Å². The highest BCUT2D eigenvalue weighted by Crippen LogP contribution is 2.34. The molecule has 2 heterocycles. The highest BCUT2D eigenvalue weighted by atomic mass is 32.2. The number of thiocarbonyl (C=S) groups is 1. The van der Waals surface area contributed by atoms with E-state index in [4.69, 9.17) is 21.7 Å². The quantitative estimate of drug-likeness (QED) is 0.343. The fourth-order valence-corrected chi connectivity index (χ4v) is 4.49. The number of methoxy groups -OCH3 is 2. The van der Waals surface area contributed by atoms with Crippen LogP contribution >= 0.6 is 24.0 Å². The number of nitrogens with one attached hydrogen (secondary N) is 1. The Bertz CT molecular complexity index is 970. The van der Waals surface area contributed by atoms with Gasteiger partial charge in [-0.25, -0.2) is 0 Å². The van der Waals surface area contributed by atoms with E-state index in [1.807, 2.05) is 41.1 Å². The van der Waals surface area contributed by atoms with Crippen molar-refractivity contribution in [3.05, 3.63) is 40.9 Å². The summed E-state index contributed by atoms with van der Waals surface area (Å²) in [4.78, 5) is 27.2. The van der Waals surface area contributed by atoms with Crippen LogP contribution < -0.4 is 5.32 Å². The number of carbonyl (C=O) groups is 2. The van der Waals surface area contributed by atoms with E-state index < -0.39 is 0 Å². The lowest BCUT2D eigenvalue weighted by Gasteiger charge is -2.12. The average molecular weight is 448 g/mol. The fourth-order valence-electron chi connectivity index (χ4n) is 3.19. The third-order valence-electron chi connectivity index (χ3n) is 4.66. The second kappa shape index (κ2) is 10.7. The Morgan fingerprint density at radius 2 is 2.00 bits per heavy atom. The molecule has 1 aliphatic heterocycles. The maximum atomic E-state index is 12.7. The van der Waals surface area contributed by atoms with Gasteiger partial charge >= 0.3 is 0 Å². The van der Waals surface area contributed by atoms with E-state index in [0.29, 0.717) is 35.5 Å². The van der Waals surface area contributed by atoms with E-state index in [9.17, 15) is 9.59 Å². The Morgan fingerprint density at radius 3 is 2.77 bits per heavy atom. The van der Waals surface area contributed by atoms with Gasteiger partial charge in [0, 0.05) is 50.0 Å². The van der Waals surface area contributed by atoms with Crippen molar-refractivity contribution < 1.29 is 19.1 Å². The molecule has 0 aliphatic carbocycles. The van der Waals surface area contributed by atoms with Crippen LogP contribution in [0.5, 0.6) is 0 Å². The molecule has 1 N–H and O–H groups in total. The van der Waals surface area contributed by atoms with Crippen LogP contribution in [-0.2, 0) is 25.6 Å². The topological polar surface area (TPSA) is 72.8 Å². The lowest BCUT2D eigenvalue weighted by Crippen LogP contribution is -2.31. The third kappa shape index (κ3) is 5.28. The van der Waals surface area contributed by atoms with E-state index in [2.05, 4.69) is 5.32 Å². The van der Waals surface area contributed by atoms with Gasteiger partial charge in [0.1, 0.15) is 10.9 Å². The van der Waals surface area contributed by atoms with Crippen LogP contribution in [0.4, 0.5) is 0 Å². The van der Waals surface area contributed by atoms with Gasteiger partial charge in [0.25, 0.3) is 5.91 Å². The van der Waals surface area contributed by atoms with Crippen LogP contribution in [0, 0.1) is 0 Å². The van der Waals surface area contributed by atoms with Gasteiger partial charge in [-0.1, -0.05) is 42.2 Å². The molecule has 0 bridgehead atoms. The second-order valence-electron chi connectivity index (χ2n) is 6.75. The Kier molecular flexibility index (Phi) is 8.03. The molecule has 0 saturated carbocycles. The molecule has 1 fully saturated rings. The Hall–Kier alpha value is -2.20. The Morgan fingerprint density at radius 1 is 1.23 bits per heavy atom. The van der Waals surface area contributed by atoms with Crippen molar-refractivity contribution in [3.63, 3.8) is 0 Å². The predicted molar refractivity (Wildman–Crippen MR) is 123 cm³/mol. The number of benzene rings is 1. The maximum Gasteiger partial charge on any atom is 0.266 e. The van der Waals surface area contributed by atoms with Gasteiger partial charge in [-0.05, 0) is 18.6 Å². The monoisotopic (exact) mass is 447 g/mol. The second-order valence-corrected chi connectivity index (χ2v) is 8.43. The lowest BCUT2D eigenvalue weighted by molar-refractivity contribution is -0.123. The third-order valence-corrected chi connectivity index (χ3v) is 6.04. The Balaban J connectivity index is 1.80. The molecule has 9 heteroatoms. The van der Waals surface area contributed by atoms with Gasteiger partial charge < -0.3 is 19.4 Å². The van der Waals surface area contributed by atoms with Crippen molar-refractivity contribution in [3.8, 4) is 0 Å². The van der Waals surface area contributed by atoms with Crippen molar-refractivity contribution >= 4 is 57.1 Å². The van der Waals surface area contributed by atoms with Gasteiger partial charge in [-0.2, -0.15) is 0 Å². The maximum absolute atomic E-state index is 12.7. The lowest BCUT2D eigenvalue weighted by atomic mass is 10.1. The smallest absolute Gasteiger partial charge is 0.266 e. The minimum absolute atomic E-state index is 0.0655. The van der Waals surface area contributed by atoms with Gasteiger partial charge in [0.15, 0.2) is 0 Å². The molecule has 30 heavy (non-hydrogen) atoms. The first-order chi connectivity index (χ1) is 14.5. The van der Waals surface area contributed by atoms with Crippen molar-refractivity contribution in [2.45, 2.75) is 13.0 Å². The molecule has 1 saturated heterocycles. The van der Waals surface area contributed by atoms with Crippen LogP contribution in [0.25, 0.3) is 17.0 Å². The molecule has 3 rings (SSSR count). The molecule has 1 aromatic carbocycles. The minimum atomic E-state index is -0.116. The first-order valence-corrected chi connectivity index (χ1v) is 10.9. The van der Waals surface area contributed by atoms with Crippen molar-refractivity contribution in [1.29, 1.82) is 0 Å². The number of hydrogen-bond acceptors (Lipinski definition) is 6. The summed E-state index contributed by atoms with van der Waals surface area (Å²) in [6.45, 7) is 2.25.